The molecule has 0 saturated carbocycles. The number of carbonyl (C=O) groups is 2. The van der Waals surface area contributed by atoms with E-state index in [-0.39, 0.29) is 16.8 Å². The predicted molar refractivity (Wildman–Crippen MR) is 112 cm³/mol. The molecule has 1 heterocycles. The van der Waals surface area contributed by atoms with Gasteiger partial charge in [0, 0.05) is 11.3 Å². The van der Waals surface area contributed by atoms with Crippen molar-refractivity contribution in [1.82, 2.24) is 0 Å². The normalized spacial score (nSPS) is 14.4. The van der Waals surface area contributed by atoms with Crippen LogP contribution in [0.15, 0.2) is 41.0 Å². The van der Waals surface area contributed by atoms with Gasteiger partial charge in [-0.25, -0.2) is 9.59 Å². The molecule has 1 amide bonds. The third-order valence-electron chi connectivity index (χ3n) is 4.20. The average Bonchev–Trinajstić information content (AvgIpc) is 3.20. The second-order valence-electron chi connectivity index (χ2n) is 7.27. The van der Waals surface area contributed by atoms with Gasteiger partial charge in [-0.3, -0.25) is 14.4 Å². The van der Waals surface area contributed by atoms with Crippen molar-refractivity contribution in [3.8, 4) is 11.1 Å². The Morgan fingerprint density at radius 2 is 1.39 bits per heavy atom. The molecule has 0 aliphatic carbocycles. The van der Waals surface area contributed by atoms with Gasteiger partial charge in [0.1, 0.15) is 11.5 Å². The summed E-state index contributed by atoms with van der Waals surface area (Å²) in [6.45, 7) is 0. The number of rotatable bonds is 9. The van der Waals surface area contributed by atoms with Crippen LogP contribution in [0.2, 0.25) is 0 Å². The molecule has 20 heteroatoms. The highest BCUT2D eigenvalue weighted by molar-refractivity contribution is 7.86. The molecule has 2 atom stereocenters. The van der Waals surface area contributed by atoms with Crippen LogP contribution < -0.4 is 5.32 Å². The number of nitrogens with one attached hydrogen (secondary N) is 1. The Balaban J connectivity index is 2.16. The summed E-state index contributed by atoms with van der Waals surface area (Å²) in [5.74, 6) is -6.52. The van der Waals surface area contributed by atoms with Gasteiger partial charge >= 0.3 is 24.4 Å². The minimum atomic E-state index is -5.36. The fraction of sp³-hybridized carbons (Fsp3) is 0.333. The number of anilines is 1. The Hall–Kier alpha value is -3.36. The fourth-order valence-corrected chi connectivity index (χ4v) is 3.89. The lowest BCUT2D eigenvalue weighted by Gasteiger charge is -2.19. The molecule has 3 N–H and O–H groups in total. The van der Waals surface area contributed by atoms with Crippen molar-refractivity contribution in [2.45, 2.75) is 24.6 Å². The largest absolute Gasteiger partial charge is 0.457 e. The maximum Gasteiger partial charge on any atom is 0.426 e. The van der Waals surface area contributed by atoms with Crippen molar-refractivity contribution in [1.29, 1.82) is 0 Å². The topological polar surface area (TPSA) is 187 Å². The van der Waals surface area contributed by atoms with Crippen molar-refractivity contribution >= 4 is 38.0 Å². The number of hydrogen-bond donors (Lipinski definition) is 3. The van der Waals surface area contributed by atoms with E-state index in [1.54, 1.807) is 0 Å². The monoisotopic (exact) mass is 599 g/mol. The number of carbonyl (C=O) groups excluding carboxylic acids is 2. The average molecular weight is 599 g/mol. The first-order chi connectivity index (χ1) is 17.1. The molecule has 212 valence electrons. The highest BCUT2D eigenvalue weighted by Gasteiger charge is 2.46. The van der Waals surface area contributed by atoms with Crippen LogP contribution >= 0.6 is 0 Å². The Morgan fingerprint density at radius 1 is 0.868 bits per heavy atom. The molecule has 2 rings (SSSR count). The summed E-state index contributed by atoms with van der Waals surface area (Å²) in [5, 5.41) is 1.87. The number of furan rings is 1. The van der Waals surface area contributed by atoms with Crippen LogP contribution in [0.25, 0.3) is 11.1 Å². The minimum absolute atomic E-state index is 0.0214. The summed E-state index contributed by atoms with van der Waals surface area (Å²) in [4.78, 5) is 23.8. The lowest BCUT2D eigenvalue weighted by Crippen LogP contribution is -2.40. The third kappa shape index (κ3) is 9.84. The summed E-state index contributed by atoms with van der Waals surface area (Å²) >= 11 is 0. The van der Waals surface area contributed by atoms with Gasteiger partial charge in [0.25, 0.3) is 20.2 Å². The van der Waals surface area contributed by atoms with Crippen LogP contribution in [0.1, 0.15) is 10.6 Å². The number of amides is 1. The lowest BCUT2D eigenvalue weighted by atomic mass is 10.1. The molecular weight excluding hydrogens is 584 g/mol. The van der Waals surface area contributed by atoms with E-state index in [2.05, 4.69) is 9.47 Å². The molecule has 0 aliphatic rings. The van der Waals surface area contributed by atoms with Gasteiger partial charge in [-0.1, -0.05) is 12.1 Å². The molecule has 0 bridgehead atoms. The molecule has 0 fully saturated rings. The standard InChI is InChI=1S/C18H15F6NO11S2/c19-17(20,21)13(7-37(28,29)30)35-15(26)12-5-10(6-34-12)9-2-1-3-11(4-9)25-16(27)36-14(18(22,23)24)8-38(31,32)33/h1-6,13-14H,7-8H2,(H,25,27)(H,28,29,30)(H,31,32,33). The lowest BCUT2D eigenvalue weighted by molar-refractivity contribution is -0.197. The number of alkyl halides is 6. The SMILES string of the molecule is O=C(Nc1cccc(-c2coc(C(=O)OC(CS(=O)(=O)O)C(F)(F)F)c2)c1)OC(CS(=O)(=O)O)C(F)(F)F. The van der Waals surface area contributed by atoms with E-state index < -0.39 is 74.1 Å². The number of ether oxygens (including phenoxy) is 2. The van der Waals surface area contributed by atoms with E-state index in [0.717, 1.165) is 24.5 Å². The van der Waals surface area contributed by atoms with Crippen molar-refractivity contribution in [2.24, 2.45) is 0 Å². The second kappa shape index (κ2) is 11.2. The molecule has 2 aromatic rings. The third-order valence-corrected chi connectivity index (χ3v) is 5.64. The maximum absolute atomic E-state index is 12.9. The summed E-state index contributed by atoms with van der Waals surface area (Å²) in [6.07, 6.45) is -18.1. The van der Waals surface area contributed by atoms with Gasteiger partial charge in [0.2, 0.25) is 18.0 Å². The number of hydrogen-bond acceptors (Lipinski definition) is 9. The molecule has 2 unspecified atom stereocenters. The molecule has 0 aliphatic heterocycles. The Bertz CT molecular complexity index is 1380. The van der Waals surface area contributed by atoms with E-state index in [4.69, 9.17) is 13.5 Å². The number of halogens is 6. The van der Waals surface area contributed by atoms with E-state index >= 15 is 0 Å². The van der Waals surface area contributed by atoms with E-state index in [1.165, 1.54) is 12.1 Å². The number of benzene rings is 1. The molecule has 0 spiro atoms. The maximum atomic E-state index is 12.9. The summed E-state index contributed by atoms with van der Waals surface area (Å²) in [5.41, 5.74) is -0.163. The van der Waals surface area contributed by atoms with Crippen molar-refractivity contribution in [3.63, 3.8) is 0 Å². The van der Waals surface area contributed by atoms with Crippen molar-refractivity contribution in [2.75, 3.05) is 16.8 Å². The molecule has 0 radical (unpaired) electrons. The van der Waals surface area contributed by atoms with Gasteiger partial charge in [0.15, 0.2) is 0 Å². The van der Waals surface area contributed by atoms with Crippen molar-refractivity contribution < 1.29 is 75.8 Å². The first-order valence-corrected chi connectivity index (χ1v) is 12.8. The van der Waals surface area contributed by atoms with Gasteiger partial charge in [-0.15, -0.1) is 0 Å². The molecule has 0 saturated heterocycles. The smallest absolute Gasteiger partial charge is 0.426 e. The summed E-state index contributed by atoms with van der Waals surface area (Å²) < 4.78 is 151. The highest BCUT2D eigenvalue weighted by Crippen LogP contribution is 2.29. The van der Waals surface area contributed by atoms with Crippen LogP contribution in [0, 0.1) is 0 Å². The van der Waals surface area contributed by atoms with E-state index in [0.29, 0.717) is 0 Å². The molecule has 1 aromatic heterocycles. The number of esters is 1. The van der Waals surface area contributed by atoms with E-state index in [9.17, 15) is 52.8 Å². The minimum Gasteiger partial charge on any atom is -0.457 e. The van der Waals surface area contributed by atoms with Crippen LogP contribution in [-0.2, 0) is 29.7 Å². The van der Waals surface area contributed by atoms with Crippen LogP contribution in [0.5, 0.6) is 0 Å². The van der Waals surface area contributed by atoms with Gasteiger partial charge in [-0.05, 0) is 23.8 Å². The van der Waals surface area contributed by atoms with Crippen LogP contribution in [-0.4, -0.2) is 74.1 Å². The highest BCUT2D eigenvalue weighted by atomic mass is 32.2. The van der Waals surface area contributed by atoms with Gasteiger partial charge in [0.05, 0.1) is 6.26 Å². The van der Waals surface area contributed by atoms with E-state index in [1.807, 2.05) is 5.32 Å². The quantitative estimate of drug-likeness (QED) is 0.218. The second-order valence-corrected chi connectivity index (χ2v) is 10.3. The zero-order valence-electron chi connectivity index (χ0n) is 18.2. The molecule has 12 nitrogen and oxygen atoms in total. The summed E-state index contributed by atoms with van der Waals surface area (Å²) in [6, 6.07) is 5.63. The Labute approximate surface area is 209 Å². The van der Waals surface area contributed by atoms with Crippen molar-refractivity contribution in [3.05, 3.63) is 42.4 Å². The van der Waals surface area contributed by atoms with Crippen LogP contribution in [0.4, 0.5) is 36.8 Å². The zero-order valence-corrected chi connectivity index (χ0v) is 19.8. The van der Waals surface area contributed by atoms with Gasteiger partial charge in [-0.2, -0.15) is 43.2 Å². The predicted octanol–water partition coefficient (Wildman–Crippen LogP) is 3.29. The Morgan fingerprint density at radius 3 is 1.89 bits per heavy atom. The summed E-state index contributed by atoms with van der Waals surface area (Å²) in [7, 11) is -10.4. The first-order valence-electron chi connectivity index (χ1n) is 9.55. The molecule has 1 aromatic carbocycles. The van der Waals surface area contributed by atoms with Gasteiger partial charge < -0.3 is 13.9 Å². The first kappa shape index (κ1) is 30.9. The fourth-order valence-electron chi connectivity index (χ4n) is 2.61. The van der Waals surface area contributed by atoms with Crippen LogP contribution in [0.3, 0.4) is 0 Å². The molecule has 38 heavy (non-hydrogen) atoms. The zero-order chi connectivity index (χ0) is 29.1. The molecular formula is C18H15F6NO11S2. The Kier molecular flexibility index (Phi) is 9.07.